The minimum Gasteiger partial charge on any atom is -0.274 e. The van der Waals surface area contributed by atoms with E-state index in [0.29, 0.717) is 6.07 Å². The Labute approximate surface area is 79.6 Å². The molecule has 5 heteroatoms. The third-order valence-electron chi connectivity index (χ3n) is 1.43. The van der Waals surface area contributed by atoms with Crippen molar-refractivity contribution in [3.05, 3.63) is 35.4 Å². The number of hydrogen-bond donors (Lipinski definition) is 1. The summed E-state index contributed by atoms with van der Waals surface area (Å²) in [6.45, 7) is 1.95. The zero-order valence-corrected chi connectivity index (χ0v) is 7.51. The van der Waals surface area contributed by atoms with E-state index in [1.807, 2.05) is 5.48 Å². The number of nitrogens with one attached hydrogen (secondary N) is 1. The van der Waals surface area contributed by atoms with Crippen molar-refractivity contribution < 1.29 is 18.4 Å². The van der Waals surface area contributed by atoms with Gasteiger partial charge in [0.05, 0.1) is 6.61 Å². The zero-order chi connectivity index (χ0) is 10.6. The van der Waals surface area contributed by atoms with E-state index in [1.54, 1.807) is 6.92 Å². The summed E-state index contributed by atoms with van der Waals surface area (Å²) >= 11 is 0. The fourth-order valence-electron chi connectivity index (χ4n) is 0.882. The molecule has 1 amide bonds. The van der Waals surface area contributed by atoms with Crippen LogP contribution in [0.2, 0.25) is 0 Å². The standard InChI is InChI=1S/C9H9F2NO2/c1-2-14-12-9(13)6-3-7(10)5-8(11)4-6/h3-5H,2H2,1H3,(H,12,13). The molecule has 0 saturated heterocycles. The predicted octanol–water partition coefficient (Wildman–Crippen LogP) is 1.65. The Morgan fingerprint density at radius 1 is 1.36 bits per heavy atom. The quantitative estimate of drug-likeness (QED) is 0.755. The Morgan fingerprint density at radius 3 is 2.43 bits per heavy atom. The van der Waals surface area contributed by atoms with E-state index in [0.717, 1.165) is 12.1 Å². The van der Waals surface area contributed by atoms with Crippen molar-refractivity contribution in [3.63, 3.8) is 0 Å². The topological polar surface area (TPSA) is 38.3 Å². The van der Waals surface area contributed by atoms with Crippen LogP contribution in [0, 0.1) is 11.6 Å². The molecule has 0 unspecified atom stereocenters. The van der Waals surface area contributed by atoms with Crippen LogP contribution in [0.5, 0.6) is 0 Å². The minimum atomic E-state index is -0.799. The first-order valence-corrected chi connectivity index (χ1v) is 4.01. The van der Waals surface area contributed by atoms with Crippen molar-refractivity contribution in [1.29, 1.82) is 0 Å². The Kier molecular flexibility index (Phi) is 3.53. The maximum Gasteiger partial charge on any atom is 0.275 e. The van der Waals surface area contributed by atoms with Gasteiger partial charge in [-0.25, -0.2) is 14.3 Å². The molecule has 0 heterocycles. The number of hydroxylamine groups is 1. The van der Waals surface area contributed by atoms with Crippen molar-refractivity contribution >= 4 is 5.91 Å². The van der Waals surface area contributed by atoms with Gasteiger partial charge in [-0.3, -0.25) is 9.63 Å². The van der Waals surface area contributed by atoms with E-state index in [1.165, 1.54) is 0 Å². The van der Waals surface area contributed by atoms with Gasteiger partial charge in [0.25, 0.3) is 5.91 Å². The van der Waals surface area contributed by atoms with Crippen LogP contribution >= 0.6 is 0 Å². The van der Waals surface area contributed by atoms with Crippen LogP contribution < -0.4 is 5.48 Å². The Bertz CT molecular complexity index is 321. The summed E-state index contributed by atoms with van der Waals surface area (Å²) in [5, 5.41) is 0. The molecule has 0 aliphatic heterocycles. The van der Waals surface area contributed by atoms with Crippen molar-refractivity contribution in [1.82, 2.24) is 5.48 Å². The van der Waals surface area contributed by atoms with Crippen LogP contribution in [0.3, 0.4) is 0 Å². The summed E-state index contributed by atoms with van der Waals surface area (Å²) in [5.41, 5.74) is 1.92. The smallest absolute Gasteiger partial charge is 0.274 e. The van der Waals surface area contributed by atoms with Crippen LogP contribution in [0.4, 0.5) is 8.78 Å². The van der Waals surface area contributed by atoms with Gasteiger partial charge in [-0.2, -0.15) is 0 Å². The molecule has 1 aromatic carbocycles. The van der Waals surface area contributed by atoms with Crippen LogP contribution in [-0.4, -0.2) is 12.5 Å². The van der Waals surface area contributed by atoms with Gasteiger partial charge in [0, 0.05) is 11.6 Å². The fraction of sp³-hybridized carbons (Fsp3) is 0.222. The van der Waals surface area contributed by atoms with Gasteiger partial charge in [-0.15, -0.1) is 0 Å². The monoisotopic (exact) mass is 201 g/mol. The van der Waals surface area contributed by atoms with Crippen LogP contribution in [0.1, 0.15) is 17.3 Å². The summed E-state index contributed by atoms with van der Waals surface area (Å²) in [7, 11) is 0. The summed E-state index contributed by atoms with van der Waals surface area (Å²) < 4.78 is 25.3. The molecule has 0 atom stereocenters. The number of carbonyl (C=O) groups is 1. The second-order valence-electron chi connectivity index (χ2n) is 2.52. The highest BCUT2D eigenvalue weighted by molar-refractivity contribution is 5.93. The van der Waals surface area contributed by atoms with Gasteiger partial charge in [0.1, 0.15) is 11.6 Å². The lowest BCUT2D eigenvalue weighted by molar-refractivity contribution is 0.0364. The highest BCUT2D eigenvalue weighted by Gasteiger charge is 2.08. The molecule has 0 spiro atoms. The molecule has 1 aromatic rings. The fourth-order valence-corrected chi connectivity index (χ4v) is 0.882. The largest absolute Gasteiger partial charge is 0.275 e. The van der Waals surface area contributed by atoms with Gasteiger partial charge in [-0.1, -0.05) is 0 Å². The number of benzene rings is 1. The Morgan fingerprint density at radius 2 is 1.93 bits per heavy atom. The van der Waals surface area contributed by atoms with Gasteiger partial charge in [0.15, 0.2) is 0 Å². The summed E-state index contributed by atoms with van der Waals surface area (Å²) in [5.74, 6) is -2.27. The third kappa shape index (κ3) is 2.77. The molecule has 0 aliphatic rings. The predicted molar refractivity (Wildman–Crippen MR) is 45.5 cm³/mol. The maximum atomic E-state index is 12.6. The molecular weight excluding hydrogens is 192 g/mol. The highest BCUT2D eigenvalue weighted by atomic mass is 19.1. The third-order valence-corrected chi connectivity index (χ3v) is 1.43. The zero-order valence-electron chi connectivity index (χ0n) is 7.51. The van der Waals surface area contributed by atoms with E-state index < -0.39 is 17.5 Å². The van der Waals surface area contributed by atoms with Crippen LogP contribution in [-0.2, 0) is 4.84 Å². The van der Waals surface area contributed by atoms with E-state index in [-0.39, 0.29) is 12.2 Å². The van der Waals surface area contributed by atoms with E-state index in [2.05, 4.69) is 4.84 Å². The van der Waals surface area contributed by atoms with Crippen molar-refractivity contribution in [2.75, 3.05) is 6.61 Å². The summed E-state index contributed by atoms with van der Waals surface area (Å²) in [4.78, 5) is 15.7. The van der Waals surface area contributed by atoms with E-state index in [4.69, 9.17) is 0 Å². The Balaban J connectivity index is 2.79. The molecule has 3 nitrogen and oxygen atoms in total. The van der Waals surface area contributed by atoms with Crippen LogP contribution in [0.25, 0.3) is 0 Å². The van der Waals surface area contributed by atoms with Gasteiger partial charge >= 0.3 is 0 Å². The molecule has 0 saturated carbocycles. The lowest BCUT2D eigenvalue weighted by atomic mass is 10.2. The molecule has 0 fully saturated rings. The summed E-state index contributed by atoms with van der Waals surface area (Å²) in [6, 6.07) is 2.55. The van der Waals surface area contributed by atoms with Gasteiger partial charge in [0.2, 0.25) is 0 Å². The van der Waals surface area contributed by atoms with Crippen molar-refractivity contribution in [2.24, 2.45) is 0 Å². The second kappa shape index (κ2) is 4.66. The van der Waals surface area contributed by atoms with Gasteiger partial charge in [-0.05, 0) is 19.1 Å². The number of carbonyl (C=O) groups excluding carboxylic acids is 1. The maximum absolute atomic E-state index is 12.6. The molecular formula is C9H9F2NO2. The first kappa shape index (κ1) is 10.6. The highest BCUT2D eigenvalue weighted by Crippen LogP contribution is 2.07. The molecule has 0 radical (unpaired) electrons. The van der Waals surface area contributed by atoms with Crippen LogP contribution in [0.15, 0.2) is 18.2 Å². The average molecular weight is 201 g/mol. The van der Waals surface area contributed by atoms with Crippen molar-refractivity contribution in [2.45, 2.75) is 6.92 Å². The summed E-state index contributed by atoms with van der Waals surface area (Å²) in [6.07, 6.45) is 0. The first-order chi connectivity index (χ1) is 6.63. The Hall–Kier alpha value is -1.49. The lowest BCUT2D eigenvalue weighted by Gasteiger charge is -2.03. The second-order valence-corrected chi connectivity index (χ2v) is 2.52. The SMILES string of the molecule is CCONC(=O)c1cc(F)cc(F)c1. The minimum absolute atomic E-state index is 0.115. The lowest BCUT2D eigenvalue weighted by Crippen LogP contribution is -2.23. The molecule has 0 bridgehead atoms. The van der Waals surface area contributed by atoms with Gasteiger partial charge < -0.3 is 0 Å². The number of hydrogen-bond acceptors (Lipinski definition) is 2. The number of amides is 1. The van der Waals surface area contributed by atoms with E-state index >= 15 is 0 Å². The average Bonchev–Trinajstić information content (AvgIpc) is 2.12. The number of rotatable bonds is 3. The molecule has 0 aliphatic carbocycles. The van der Waals surface area contributed by atoms with E-state index in [9.17, 15) is 13.6 Å². The van der Waals surface area contributed by atoms with Crippen molar-refractivity contribution in [3.8, 4) is 0 Å². The number of halogens is 2. The first-order valence-electron chi connectivity index (χ1n) is 4.01. The molecule has 1 rings (SSSR count). The molecule has 76 valence electrons. The molecule has 1 N–H and O–H groups in total. The normalized spacial score (nSPS) is 9.93. The molecule has 0 aromatic heterocycles. The molecule has 14 heavy (non-hydrogen) atoms.